The van der Waals surface area contributed by atoms with Crippen molar-refractivity contribution in [2.75, 3.05) is 13.7 Å². The zero-order valence-corrected chi connectivity index (χ0v) is 7.01. The SMILES string of the molecule is COc1cc(F)c(C2CO2)c(F)c1. The van der Waals surface area contributed by atoms with E-state index in [0.717, 1.165) is 12.1 Å². The molecule has 1 saturated heterocycles. The van der Waals surface area contributed by atoms with Gasteiger partial charge in [-0.25, -0.2) is 8.78 Å². The molecule has 70 valence electrons. The Labute approximate surface area is 74.1 Å². The van der Waals surface area contributed by atoms with E-state index in [9.17, 15) is 8.78 Å². The van der Waals surface area contributed by atoms with Gasteiger partial charge in [-0.15, -0.1) is 0 Å². The van der Waals surface area contributed by atoms with Crippen LogP contribution < -0.4 is 4.74 Å². The van der Waals surface area contributed by atoms with Gasteiger partial charge in [-0.3, -0.25) is 0 Å². The summed E-state index contributed by atoms with van der Waals surface area (Å²) < 4.78 is 35.9. The number of ether oxygens (including phenoxy) is 2. The third-order valence-electron chi connectivity index (χ3n) is 1.94. The molecule has 1 aromatic rings. The molecule has 1 aromatic carbocycles. The third-order valence-corrected chi connectivity index (χ3v) is 1.94. The molecule has 0 N–H and O–H groups in total. The van der Waals surface area contributed by atoms with Crippen LogP contribution in [-0.2, 0) is 4.74 Å². The monoisotopic (exact) mass is 186 g/mol. The molecule has 1 atom stereocenters. The zero-order valence-electron chi connectivity index (χ0n) is 7.01. The van der Waals surface area contributed by atoms with E-state index in [1.807, 2.05) is 0 Å². The summed E-state index contributed by atoms with van der Waals surface area (Å²) in [6.07, 6.45) is -0.411. The zero-order chi connectivity index (χ0) is 9.42. The minimum absolute atomic E-state index is 0.000741. The second-order valence-corrected chi connectivity index (χ2v) is 2.83. The van der Waals surface area contributed by atoms with E-state index >= 15 is 0 Å². The van der Waals surface area contributed by atoms with Crippen LogP contribution in [0.5, 0.6) is 5.75 Å². The standard InChI is InChI=1S/C9H8F2O2/c1-12-5-2-6(10)9(7(11)3-5)8-4-13-8/h2-3,8H,4H2,1H3. The van der Waals surface area contributed by atoms with E-state index in [-0.39, 0.29) is 11.3 Å². The number of hydrogen-bond acceptors (Lipinski definition) is 2. The van der Waals surface area contributed by atoms with Gasteiger partial charge in [0, 0.05) is 12.1 Å². The van der Waals surface area contributed by atoms with Gasteiger partial charge < -0.3 is 9.47 Å². The number of rotatable bonds is 2. The Morgan fingerprint density at radius 2 is 1.92 bits per heavy atom. The van der Waals surface area contributed by atoms with Crippen molar-refractivity contribution in [3.63, 3.8) is 0 Å². The normalized spacial score (nSPS) is 20.1. The number of benzene rings is 1. The average molecular weight is 186 g/mol. The Bertz CT molecular complexity index is 311. The first-order valence-corrected chi connectivity index (χ1v) is 3.87. The fourth-order valence-electron chi connectivity index (χ4n) is 1.20. The van der Waals surface area contributed by atoms with Crippen LogP contribution in [0.15, 0.2) is 12.1 Å². The van der Waals surface area contributed by atoms with Gasteiger partial charge in [0.25, 0.3) is 0 Å². The van der Waals surface area contributed by atoms with Crippen LogP contribution in [0, 0.1) is 11.6 Å². The third kappa shape index (κ3) is 1.49. The van der Waals surface area contributed by atoms with E-state index in [0.29, 0.717) is 6.61 Å². The van der Waals surface area contributed by atoms with Crippen LogP contribution in [0.4, 0.5) is 8.78 Å². The fraction of sp³-hybridized carbons (Fsp3) is 0.333. The predicted octanol–water partition coefficient (Wildman–Crippen LogP) is 2.04. The quantitative estimate of drug-likeness (QED) is 0.659. The molecule has 1 heterocycles. The van der Waals surface area contributed by atoms with Gasteiger partial charge in [-0.1, -0.05) is 0 Å². The summed E-state index contributed by atoms with van der Waals surface area (Å²) in [5.74, 6) is -1.04. The lowest BCUT2D eigenvalue weighted by atomic mass is 10.1. The lowest BCUT2D eigenvalue weighted by Gasteiger charge is -2.04. The van der Waals surface area contributed by atoms with Crippen LogP contribution in [0.1, 0.15) is 11.7 Å². The molecule has 0 saturated carbocycles. The van der Waals surface area contributed by atoms with Gasteiger partial charge in [-0.2, -0.15) is 0 Å². The van der Waals surface area contributed by atoms with Crippen molar-refractivity contribution in [2.24, 2.45) is 0 Å². The number of halogens is 2. The Hall–Kier alpha value is -1.16. The molecule has 0 amide bonds. The number of epoxide rings is 1. The minimum Gasteiger partial charge on any atom is -0.497 e. The highest BCUT2D eigenvalue weighted by molar-refractivity contribution is 5.33. The molecular formula is C9H8F2O2. The van der Waals surface area contributed by atoms with E-state index in [1.54, 1.807) is 0 Å². The van der Waals surface area contributed by atoms with Crippen molar-refractivity contribution in [2.45, 2.75) is 6.10 Å². The maximum Gasteiger partial charge on any atom is 0.135 e. The van der Waals surface area contributed by atoms with Crippen molar-refractivity contribution in [3.8, 4) is 5.75 Å². The van der Waals surface area contributed by atoms with Crippen LogP contribution >= 0.6 is 0 Å². The molecule has 1 aliphatic rings. The fourth-order valence-corrected chi connectivity index (χ4v) is 1.20. The molecule has 0 bridgehead atoms. The van der Waals surface area contributed by atoms with E-state index in [2.05, 4.69) is 0 Å². The Morgan fingerprint density at radius 1 is 1.38 bits per heavy atom. The van der Waals surface area contributed by atoms with Crippen LogP contribution in [0.3, 0.4) is 0 Å². The molecule has 1 aliphatic heterocycles. The lowest BCUT2D eigenvalue weighted by Crippen LogP contribution is -1.95. The maximum atomic E-state index is 13.2. The molecule has 0 aliphatic carbocycles. The molecule has 2 nitrogen and oxygen atoms in total. The van der Waals surface area contributed by atoms with Gasteiger partial charge in [0.2, 0.25) is 0 Å². The average Bonchev–Trinajstić information content (AvgIpc) is 2.87. The Balaban J connectivity index is 2.44. The Morgan fingerprint density at radius 3 is 2.31 bits per heavy atom. The number of hydrogen-bond donors (Lipinski definition) is 0. The molecular weight excluding hydrogens is 178 g/mol. The van der Waals surface area contributed by atoms with E-state index < -0.39 is 17.7 Å². The van der Waals surface area contributed by atoms with Crippen LogP contribution in [0.2, 0.25) is 0 Å². The summed E-state index contributed by atoms with van der Waals surface area (Å²) in [4.78, 5) is 0. The summed E-state index contributed by atoms with van der Waals surface area (Å²) in [5.41, 5.74) is 0.000741. The maximum absolute atomic E-state index is 13.2. The summed E-state index contributed by atoms with van der Waals surface area (Å²) in [5, 5.41) is 0. The van der Waals surface area contributed by atoms with Crippen LogP contribution in [-0.4, -0.2) is 13.7 Å². The van der Waals surface area contributed by atoms with Crippen molar-refractivity contribution in [3.05, 3.63) is 29.3 Å². The highest BCUT2D eigenvalue weighted by Crippen LogP contribution is 2.35. The molecule has 0 aromatic heterocycles. The topological polar surface area (TPSA) is 21.8 Å². The first-order chi connectivity index (χ1) is 6.22. The van der Waals surface area contributed by atoms with Gasteiger partial charge in [0.1, 0.15) is 23.5 Å². The molecule has 0 radical (unpaired) electrons. The van der Waals surface area contributed by atoms with Gasteiger partial charge in [0.15, 0.2) is 0 Å². The molecule has 1 unspecified atom stereocenters. The smallest absolute Gasteiger partial charge is 0.135 e. The first-order valence-electron chi connectivity index (χ1n) is 3.87. The lowest BCUT2D eigenvalue weighted by molar-refractivity contribution is 0.386. The van der Waals surface area contributed by atoms with Crippen LogP contribution in [0.25, 0.3) is 0 Å². The summed E-state index contributed by atoms with van der Waals surface area (Å²) in [6.45, 7) is 0.389. The number of methoxy groups -OCH3 is 1. The van der Waals surface area contributed by atoms with Crippen molar-refractivity contribution < 1.29 is 18.3 Å². The Kier molecular flexibility index (Phi) is 1.92. The molecule has 1 fully saturated rings. The predicted molar refractivity (Wildman–Crippen MR) is 41.6 cm³/mol. The van der Waals surface area contributed by atoms with Gasteiger partial charge >= 0.3 is 0 Å². The second-order valence-electron chi connectivity index (χ2n) is 2.83. The van der Waals surface area contributed by atoms with Crippen molar-refractivity contribution in [1.82, 2.24) is 0 Å². The van der Waals surface area contributed by atoms with Crippen molar-refractivity contribution in [1.29, 1.82) is 0 Å². The van der Waals surface area contributed by atoms with Gasteiger partial charge in [-0.05, 0) is 0 Å². The largest absolute Gasteiger partial charge is 0.497 e. The highest BCUT2D eigenvalue weighted by Gasteiger charge is 2.31. The molecule has 13 heavy (non-hydrogen) atoms. The van der Waals surface area contributed by atoms with E-state index in [1.165, 1.54) is 7.11 Å². The summed E-state index contributed by atoms with van der Waals surface area (Å²) >= 11 is 0. The summed E-state index contributed by atoms with van der Waals surface area (Å²) in [7, 11) is 1.36. The highest BCUT2D eigenvalue weighted by atomic mass is 19.1. The molecule has 0 spiro atoms. The first kappa shape index (κ1) is 8.44. The molecule has 2 rings (SSSR count). The van der Waals surface area contributed by atoms with Gasteiger partial charge in [0.05, 0.1) is 19.3 Å². The van der Waals surface area contributed by atoms with E-state index in [4.69, 9.17) is 9.47 Å². The minimum atomic E-state index is -0.612. The van der Waals surface area contributed by atoms with Crippen molar-refractivity contribution >= 4 is 0 Å². The summed E-state index contributed by atoms with van der Waals surface area (Å²) in [6, 6.07) is 2.31. The molecule has 4 heteroatoms. The second kappa shape index (κ2) is 2.96.